The Morgan fingerprint density at radius 2 is 1.88 bits per heavy atom. The standard InChI is InChI=1S/C23H22F3N7O/c1-2-3-5-16-12-17(20-21(27)28-13-29-33(16)20)14-8-10-15(11-9-14)30-22(34)32-19-7-4-6-18(31-19)23(24,25)26/h4,6-13H,2-3,5H2,1H3,(H2,27,28,29)(H2,30,31,32,34). The number of nitrogens with two attached hydrogens (primary N) is 1. The number of amides is 2. The third-order valence-electron chi connectivity index (χ3n) is 5.18. The summed E-state index contributed by atoms with van der Waals surface area (Å²) in [5.41, 5.74) is 8.95. The van der Waals surface area contributed by atoms with Crippen LogP contribution in [0.1, 0.15) is 31.2 Å². The van der Waals surface area contributed by atoms with Crippen molar-refractivity contribution in [1.82, 2.24) is 19.6 Å². The van der Waals surface area contributed by atoms with Gasteiger partial charge in [0.15, 0.2) is 5.82 Å². The molecule has 0 bridgehead atoms. The Kier molecular flexibility index (Phi) is 6.35. The third-order valence-corrected chi connectivity index (χ3v) is 5.18. The first kappa shape index (κ1) is 23.0. The largest absolute Gasteiger partial charge is 0.433 e. The molecule has 4 N–H and O–H groups in total. The van der Waals surface area contributed by atoms with Crippen LogP contribution in [0.25, 0.3) is 16.6 Å². The van der Waals surface area contributed by atoms with E-state index in [9.17, 15) is 18.0 Å². The lowest BCUT2D eigenvalue weighted by atomic mass is 10.1. The fourth-order valence-corrected chi connectivity index (χ4v) is 3.56. The molecular weight excluding hydrogens is 447 g/mol. The van der Waals surface area contributed by atoms with E-state index in [4.69, 9.17) is 5.73 Å². The van der Waals surface area contributed by atoms with Crippen LogP contribution in [0.3, 0.4) is 0 Å². The summed E-state index contributed by atoms with van der Waals surface area (Å²) in [7, 11) is 0. The summed E-state index contributed by atoms with van der Waals surface area (Å²) < 4.78 is 40.2. The first-order valence-corrected chi connectivity index (χ1v) is 10.6. The third kappa shape index (κ3) is 4.92. The van der Waals surface area contributed by atoms with Crippen LogP contribution in [0, 0.1) is 0 Å². The number of pyridine rings is 1. The Hall–Kier alpha value is -4.15. The van der Waals surface area contributed by atoms with E-state index in [0.717, 1.165) is 42.1 Å². The van der Waals surface area contributed by atoms with Crippen molar-refractivity contribution >= 4 is 28.9 Å². The predicted molar refractivity (Wildman–Crippen MR) is 123 cm³/mol. The number of carbonyl (C=O) groups excluding carboxylic acids is 1. The minimum absolute atomic E-state index is 0.209. The Morgan fingerprint density at radius 1 is 1.12 bits per heavy atom. The zero-order chi connectivity index (χ0) is 24.3. The van der Waals surface area contributed by atoms with Gasteiger partial charge in [0.2, 0.25) is 0 Å². The highest BCUT2D eigenvalue weighted by molar-refractivity contribution is 5.99. The molecular formula is C23H22F3N7O. The molecule has 4 aromatic rings. The summed E-state index contributed by atoms with van der Waals surface area (Å²) in [4.78, 5) is 19.8. The number of fused-ring (bicyclic) bond motifs is 1. The van der Waals surface area contributed by atoms with Gasteiger partial charge in [0.1, 0.15) is 23.4 Å². The van der Waals surface area contributed by atoms with Gasteiger partial charge < -0.3 is 11.1 Å². The van der Waals surface area contributed by atoms with Gasteiger partial charge in [-0.05, 0) is 48.7 Å². The highest BCUT2D eigenvalue weighted by Gasteiger charge is 2.32. The molecule has 0 fully saturated rings. The van der Waals surface area contributed by atoms with Crippen molar-refractivity contribution in [3.63, 3.8) is 0 Å². The quantitative estimate of drug-likeness (QED) is 0.351. The molecule has 0 unspecified atom stereocenters. The molecule has 2 amide bonds. The molecule has 34 heavy (non-hydrogen) atoms. The van der Waals surface area contributed by atoms with Crippen molar-refractivity contribution < 1.29 is 18.0 Å². The number of halogens is 3. The number of urea groups is 1. The van der Waals surface area contributed by atoms with Crippen LogP contribution in [-0.4, -0.2) is 25.6 Å². The van der Waals surface area contributed by atoms with Crippen LogP contribution in [0.15, 0.2) is 54.9 Å². The monoisotopic (exact) mass is 469 g/mol. The van der Waals surface area contributed by atoms with Crippen LogP contribution in [0.5, 0.6) is 0 Å². The first-order valence-electron chi connectivity index (χ1n) is 10.6. The van der Waals surface area contributed by atoms with Gasteiger partial charge in [-0.1, -0.05) is 31.5 Å². The van der Waals surface area contributed by atoms with Crippen LogP contribution < -0.4 is 16.4 Å². The molecule has 0 saturated heterocycles. The number of nitrogen functional groups attached to an aromatic ring is 1. The number of hydrogen-bond donors (Lipinski definition) is 3. The molecule has 3 aromatic heterocycles. The number of carbonyl (C=O) groups is 1. The number of aromatic nitrogens is 4. The van der Waals surface area contributed by atoms with E-state index in [2.05, 4.69) is 32.6 Å². The normalized spacial score (nSPS) is 11.5. The van der Waals surface area contributed by atoms with Gasteiger partial charge in [0.05, 0.1) is 0 Å². The van der Waals surface area contributed by atoms with Crippen LogP contribution in [0.2, 0.25) is 0 Å². The molecule has 0 spiro atoms. The van der Waals surface area contributed by atoms with Gasteiger partial charge in [-0.3, -0.25) is 5.32 Å². The molecule has 8 nitrogen and oxygen atoms in total. The lowest BCUT2D eigenvalue weighted by Crippen LogP contribution is -2.21. The summed E-state index contributed by atoms with van der Waals surface area (Å²) >= 11 is 0. The number of nitrogens with zero attached hydrogens (tertiary/aromatic N) is 4. The molecule has 4 rings (SSSR count). The molecule has 0 atom stereocenters. The smallest absolute Gasteiger partial charge is 0.382 e. The van der Waals surface area contributed by atoms with Crippen LogP contribution in [0.4, 0.5) is 35.3 Å². The van der Waals surface area contributed by atoms with Crippen LogP contribution in [-0.2, 0) is 12.6 Å². The number of hydrogen-bond acceptors (Lipinski definition) is 5. The van der Waals surface area contributed by atoms with Gasteiger partial charge in [-0.2, -0.15) is 18.3 Å². The van der Waals surface area contributed by atoms with Gasteiger partial charge in [-0.15, -0.1) is 0 Å². The van der Waals surface area contributed by atoms with E-state index in [-0.39, 0.29) is 5.82 Å². The lowest BCUT2D eigenvalue weighted by molar-refractivity contribution is -0.141. The Bertz CT molecular complexity index is 1320. The molecule has 11 heteroatoms. The van der Waals surface area contributed by atoms with Crippen molar-refractivity contribution in [3.8, 4) is 11.1 Å². The van der Waals surface area contributed by atoms with E-state index >= 15 is 0 Å². The highest BCUT2D eigenvalue weighted by atomic mass is 19.4. The number of benzene rings is 1. The average Bonchev–Trinajstić information content (AvgIpc) is 3.17. The number of nitrogens with one attached hydrogen (secondary N) is 2. The van der Waals surface area contributed by atoms with Crippen LogP contribution >= 0.6 is 0 Å². The van der Waals surface area contributed by atoms with Crippen molar-refractivity contribution in [2.45, 2.75) is 32.4 Å². The number of aryl methyl sites for hydroxylation is 1. The summed E-state index contributed by atoms with van der Waals surface area (Å²) in [6.45, 7) is 2.12. The van der Waals surface area contributed by atoms with Gasteiger partial charge in [-0.25, -0.2) is 19.3 Å². The highest BCUT2D eigenvalue weighted by Crippen LogP contribution is 2.32. The van der Waals surface area contributed by atoms with Crippen molar-refractivity contribution in [2.75, 3.05) is 16.4 Å². The second-order valence-electron chi connectivity index (χ2n) is 7.62. The summed E-state index contributed by atoms with van der Waals surface area (Å²) in [5, 5.41) is 9.23. The molecule has 0 aliphatic rings. The minimum atomic E-state index is -4.60. The Morgan fingerprint density at radius 3 is 2.59 bits per heavy atom. The SMILES string of the molecule is CCCCc1cc(-c2ccc(NC(=O)Nc3cccc(C(F)(F)F)n3)cc2)c2c(N)ncnn12. The van der Waals surface area contributed by atoms with E-state index in [1.807, 2.05) is 18.2 Å². The second kappa shape index (κ2) is 9.38. The number of unbranched alkanes of at least 4 members (excludes halogenated alkanes) is 1. The molecule has 1 aromatic carbocycles. The minimum Gasteiger partial charge on any atom is -0.382 e. The van der Waals surface area contributed by atoms with Gasteiger partial charge in [0.25, 0.3) is 0 Å². The fraction of sp³-hybridized carbons (Fsp3) is 0.217. The Labute approximate surface area is 193 Å². The van der Waals surface area contributed by atoms with E-state index < -0.39 is 17.9 Å². The molecule has 0 aliphatic heterocycles. The van der Waals surface area contributed by atoms with E-state index in [1.54, 1.807) is 16.6 Å². The maximum Gasteiger partial charge on any atom is 0.433 e. The fourth-order valence-electron chi connectivity index (χ4n) is 3.56. The zero-order valence-electron chi connectivity index (χ0n) is 18.2. The molecule has 0 saturated carbocycles. The molecule has 176 valence electrons. The maximum absolute atomic E-state index is 12.8. The topological polar surface area (TPSA) is 110 Å². The summed E-state index contributed by atoms with van der Waals surface area (Å²) in [5.74, 6) is 0.155. The van der Waals surface area contributed by atoms with E-state index in [1.165, 1.54) is 18.5 Å². The molecule has 3 heterocycles. The summed E-state index contributed by atoms with van der Waals surface area (Å²) in [6.07, 6.45) is -0.280. The number of alkyl halides is 3. The van der Waals surface area contributed by atoms with Gasteiger partial charge in [0, 0.05) is 16.9 Å². The Balaban J connectivity index is 1.52. The zero-order valence-corrected chi connectivity index (χ0v) is 18.2. The van der Waals surface area contributed by atoms with E-state index in [0.29, 0.717) is 17.0 Å². The molecule has 0 aliphatic carbocycles. The second-order valence-corrected chi connectivity index (χ2v) is 7.62. The van der Waals surface area contributed by atoms with Crippen molar-refractivity contribution in [2.24, 2.45) is 0 Å². The number of rotatable bonds is 6. The average molecular weight is 469 g/mol. The molecule has 0 radical (unpaired) electrons. The predicted octanol–water partition coefficient (Wildman–Crippen LogP) is 5.38. The first-order chi connectivity index (χ1) is 16.3. The van der Waals surface area contributed by atoms with Gasteiger partial charge >= 0.3 is 12.2 Å². The van der Waals surface area contributed by atoms with Crippen molar-refractivity contribution in [3.05, 3.63) is 66.2 Å². The maximum atomic E-state index is 12.8. The van der Waals surface area contributed by atoms with Crippen molar-refractivity contribution in [1.29, 1.82) is 0 Å². The summed E-state index contributed by atoms with van der Waals surface area (Å²) in [6, 6.07) is 11.6. The number of anilines is 3. The lowest BCUT2D eigenvalue weighted by Gasteiger charge is -2.10.